The molecule has 3 aromatic rings. The van der Waals surface area contributed by atoms with Gasteiger partial charge in [-0.2, -0.15) is 0 Å². The third-order valence-corrected chi connectivity index (χ3v) is 6.79. The van der Waals surface area contributed by atoms with Gasteiger partial charge < -0.3 is 25.7 Å². The van der Waals surface area contributed by atoms with Crippen molar-refractivity contribution >= 4 is 50.4 Å². The van der Waals surface area contributed by atoms with Crippen molar-refractivity contribution in [1.82, 2.24) is 15.0 Å². The number of carboxylic acid groups (broad SMARTS) is 2. The lowest BCUT2D eigenvalue weighted by atomic mass is 10.1. The third kappa shape index (κ3) is 9.49. The molecule has 38 heavy (non-hydrogen) atoms. The highest BCUT2D eigenvalue weighted by molar-refractivity contribution is 7.89. The van der Waals surface area contributed by atoms with Crippen LogP contribution in [-0.4, -0.2) is 77.6 Å². The Kier molecular flexibility index (Phi) is 11.8. The van der Waals surface area contributed by atoms with Gasteiger partial charge in [0.1, 0.15) is 0 Å². The highest BCUT2D eigenvalue weighted by Crippen LogP contribution is 2.21. The molecule has 0 unspecified atom stereocenters. The lowest BCUT2D eigenvalue weighted by Gasteiger charge is -2.10. The van der Waals surface area contributed by atoms with E-state index in [0.29, 0.717) is 30.0 Å². The van der Waals surface area contributed by atoms with Gasteiger partial charge in [0.2, 0.25) is 10.0 Å². The Morgan fingerprint density at radius 2 is 1.63 bits per heavy atom. The summed E-state index contributed by atoms with van der Waals surface area (Å²) in [6, 6.07) is 14.5. The van der Waals surface area contributed by atoms with E-state index in [2.05, 4.69) is 21.1 Å². The molecule has 0 saturated heterocycles. The van der Waals surface area contributed by atoms with E-state index < -0.39 is 34.2 Å². The zero-order chi connectivity index (χ0) is 28.3. The first kappa shape index (κ1) is 30.8. The predicted octanol–water partition coefficient (Wildman–Crippen LogP) is 1.74. The lowest BCUT2D eigenvalue weighted by molar-refractivity contribution is -0.165. The number of carboxylic acids is 2. The van der Waals surface area contributed by atoms with Crippen LogP contribution in [0, 0.1) is 0 Å². The number of aliphatic hydroxyl groups excluding tert-OH is 2. The van der Waals surface area contributed by atoms with Crippen molar-refractivity contribution in [2.75, 3.05) is 19.6 Å². The predicted molar refractivity (Wildman–Crippen MR) is 142 cm³/mol. The van der Waals surface area contributed by atoms with Crippen molar-refractivity contribution < 1.29 is 38.4 Å². The second-order valence-corrected chi connectivity index (χ2v) is 10.2. The highest BCUT2D eigenvalue weighted by atomic mass is 35.5. The van der Waals surface area contributed by atoms with Crippen LogP contribution >= 0.6 is 11.6 Å². The number of nitrogens with zero attached hydrogens (tertiary/aromatic N) is 1. The average molecular weight is 566 g/mol. The summed E-state index contributed by atoms with van der Waals surface area (Å²) in [6.07, 6.45) is 0.789. The monoisotopic (exact) mass is 565 g/mol. The first-order valence-electron chi connectivity index (χ1n) is 11.2. The Bertz CT molecular complexity index is 1360. The number of pyridine rings is 1. The molecule has 3 rings (SSSR count). The van der Waals surface area contributed by atoms with Crippen LogP contribution in [0.5, 0.6) is 0 Å². The van der Waals surface area contributed by atoms with Crippen molar-refractivity contribution in [3.8, 4) is 0 Å². The number of hydrogen-bond donors (Lipinski definition) is 6. The molecule has 0 bridgehead atoms. The summed E-state index contributed by atoms with van der Waals surface area (Å²) in [7, 11) is -3.59. The standard InChI is InChI=1S/C21H22ClN3O2S.C4H6O6/c1-16(13-17-5-7-19(22)8-6-17)14-24-11-12-25-28(26,27)21-4-2-3-18-15-23-10-9-20(18)21;5-1(3(7)8)2(6)4(9)10/h2-10,13,15,24-25H,11-12,14H2,1H3;1-2,5-6H,(H,7,8)(H,9,10)/t;1-,2-/m.1/s1. The average Bonchev–Trinajstić information content (AvgIpc) is 2.88. The van der Waals surface area contributed by atoms with Gasteiger partial charge in [-0.05, 0) is 36.8 Å². The van der Waals surface area contributed by atoms with Crippen LogP contribution in [0.4, 0.5) is 0 Å². The van der Waals surface area contributed by atoms with E-state index in [1.165, 1.54) is 0 Å². The molecule has 0 spiro atoms. The van der Waals surface area contributed by atoms with Crippen molar-refractivity contribution in [3.05, 3.63) is 77.1 Å². The van der Waals surface area contributed by atoms with E-state index in [-0.39, 0.29) is 4.90 Å². The molecule has 2 atom stereocenters. The number of aliphatic carboxylic acids is 2. The smallest absolute Gasteiger partial charge is 0.335 e. The largest absolute Gasteiger partial charge is 0.479 e. The van der Waals surface area contributed by atoms with Gasteiger partial charge in [-0.15, -0.1) is 0 Å². The molecule has 0 aliphatic carbocycles. The highest BCUT2D eigenvalue weighted by Gasteiger charge is 2.29. The van der Waals surface area contributed by atoms with Crippen LogP contribution in [0.2, 0.25) is 5.02 Å². The Morgan fingerprint density at radius 3 is 2.24 bits per heavy atom. The van der Waals surface area contributed by atoms with Gasteiger partial charge in [-0.25, -0.2) is 22.7 Å². The summed E-state index contributed by atoms with van der Waals surface area (Å²) in [5.41, 5.74) is 2.22. The van der Waals surface area contributed by atoms with E-state index >= 15 is 0 Å². The van der Waals surface area contributed by atoms with Gasteiger partial charge in [0, 0.05) is 47.8 Å². The quantitative estimate of drug-likeness (QED) is 0.187. The third-order valence-electron chi connectivity index (χ3n) is 5.02. The van der Waals surface area contributed by atoms with Crippen molar-refractivity contribution in [2.24, 2.45) is 0 Å². The first-order chi connectivity index (χ1) is 17.9. The Hall–Kier alpha value is -3.39. The molecule has 13 heteroatoms. The van der Waals surface area contributed by atoms with Crippen LogP contribution in [0.25, 0.3) is 16.8 Å². The normalized spacial score (nSPS) is 13.3. The number of fused-ring (bicyclic) bond motifs is 1. The van der Waals surface area contributed by atoms with Crippen molar-refractivity contribution in [1.29, 1.82) is 0 Å². The number of sulfonamides is 1. The lowest BCUT2D eigenvalue weighted by Crippen LogP contribution is -2.39. The minimum absolute atomic E-state index is 0.270. The molecule has 2 aromatic carbocycles. The molecule has 0 aliphatic heterocycles. The Morgan fingerprint density at radius 1 is 1.00 bits per heavy atom. The molecule has 0 fully saturated rings. The molecule has 0 radical (unpaired) electrons. The van der Waals surface area contributed by atoms with Crippen LogP contribution < -0.4 is 10.0 Å². The number of nitrogens with one attached hydrogen (secondary N) is 2. The van der Waals surface area contributed by atoms with Gasteiger partial charge in [0.15, 0.2) is 12.2 Å². The molecule has 0 saturated carbocycles. The van der Waals surface area contributed by atoms with Crippen LogP contribution in [0.3, 0.4) is 0 Å². The number of hydrogen-bond acceptors (Lipinski definition) is 8. The number of carbonyl (C=O) groups is 2. The van der Waals surface area contributed by atoms with Crippen LogP contribution in [0.1, 0.15) is 12.5 Å². The summed E-state index contributed by atoms with van der Waals surface area (Å²) >= 11 is 5.89. The molecule has 11 nitrogen and oxygen atoms in total. The summed E-state index contributed by atoms with van der Waals surface area (Å²) in [5.74, 6) is -3.54. The van der Waals surface area contributed by atoms with E-state index in [9.17, 15) is 18.0 Å². The summed E-state index contributed by atoms with van der Waals surface area (Å²) in [6.45, 7) is 3.52. The molecule has 0 amide bonds. The molecule has 6 N–H and O–H groups in total. The number of rotatable bonds is 11. The number of aliphatic hydroxyl groups is 2. The van der Waals surface area contributed by atoms with E-state index in [4.69, 9.17) is 32.0 Å². The number of halogens is 1. The van der Waals surface area contributed by atoms with Crippen molar-refractivity contribution in [3.63, 3.8) is 0 Å². The van der Waals surface area contributed by atoms with E-state index in [0.717, 1.165) is 16.5 Å². The SMILES string of the molecule is CC(=Cc1ccc(Cl)cc1)CNCCNS(=O)(=O)c1cccc2cnccc12.O=C(O)[C@H](O)[C@@H](O)C(=O)O. The topological polar surface area (TPSA) is 186 Å². The Balaban J connectivity index is 0.000000432. The zero-order valence-corrected chi connectivity index (χ0v) is 21.9. The summed E-state index contributed by atoms with van der Waals surface area (Å²) in [4.78, 5) is 23.8. The maximum atomic E-state index is 12.6. The molecule has 1 aromatic heterocycles. The maximum Gasteiger partial charge on any atom is 0.335 e. The van der Waals surface area contributed by atoms with Gasteiger partial charge in [-0.3, -0.25) is 4.98 Å². The maximum absolute atomic E-state index is 12.6. The van der Waals surface area contributed by atoms with Gasteiger partial charge in [0.05, 0.1) is 4.90 Å². The Labute approximate surface area is 224 Å². The van der Waals surface area contributed by atoms with Crippen LogP contribution in [-0.2, 0) is 19.6 Å². The summed E-state index contributed by atoms with van der Waals surface area (Å²) in [5, 5.41) is 37.9. The van der Waals surface area contributed by atoms with Gasteiger partial charge >= 0.3 is 11.9 Å². The second-order valence-electron chi connectivity index (χ2n) is 8.04. The molecule has 0 aliphatic rings. The molecule has 204 valence electrons. The minimum atomic E-state index is -3.59. The molecular weight excluding hydrogens is 538 g/mol. The fraction of sp³-hybridized carbons (Fsp3) is 0.240. The molecule has 1 heterocycles. The van der Waals surface area contributed by atoms with Crippen LogP contribution in [0.15, 0.2) is 71.4 Å². The zero-order valence-electron chi connectivity index (χ0n) is 20.3. The van der Waals surface area contributed by atoms with Crippen molar-refractivity contribution in [2.45, 2.75) is 24.0 Å². The molecular formula is C25H28ClN3O8S. The number of aromatic nitrogens is 1. The minimum Gasteiger partial charge on any atom is -0.479 e. The van der Waals surface area contributed by atoms with E-state index in [1.54, 1.807) is 30.6 Å². The van der Waals surface area contributed by atoms with E-state index in [1.807, 2.05) is 37.3 Å². The second kappa shape index (κ2) is 14.5. The fourth-order valence-corrected chi connectivity index (χ4v) is 4.51. The first-order valence-corrected chi connectivity index (χ1v) is 13.1. The van der Waals surface area contributed by atoms with Gasteiger partial charge in [0.25, 0.3) is 0 Å². The fourth-order valence-electron chi connectivity index (χ4n) is 3.13. The number of benzene rings is 2. The van der Waals surface area contributed by atoms with Gasteiger partial charge in [-0.1, -0.05) is 47.5 Å². The summed E-state index contributed by atoms with van der Waals surface area (Å²) < 4.78 is 27.9.